The summed E-state index contributed by atoms with van der Waals surface area (Å²) >= 11 is 0. The Hall–Kier alpha value is -2.14. The molecule has 0 radical (unpaired) electrons. The molecule has 1 amide bonds. The molecule has 0 spiro atoms. The number of nitrogens with one attached hydrogen (secondary N) is 1. The molecule has 1 N–H and O–H groups in total. The zero-order valence-electron chi connectivity index (χ0n) is 15.3. The zero-order valence-corrected chi connectivity index (χ0v) is 15.3. The van der Waals surface area contributed by atoms with E-state index in [0.717, 1.165) is 31.7 Å². The maximum Gasteiger partial charge on any atom is 0.222 e. The van der Waals surface area contributed by atoms with Gasteiger partial charge in [0, 0.05) is 56.3 Å². The number of amides is 1. The Bertz CT molecular complexity index is 743. The number of nitrogens with zero attached hydrogens (tertiary/aromatic N) is 2. The number of benzene rings is 1. The van der Waals surface area contributed by atoms with Gasteiger partial charge in [0.1, 0.15) is 5.82 Å². The summed E-state index contributed by atoms with van der Waals surface area (Å²) in [5, 5.41) is 3.31. The Morgan fingerprint density at radius 1 is 1.35 bits per heavy atom. The predicted molar refractivity (Wildman–Crippen MR) is 99.6 cm³/mol. The SMILES string of the molecule is CCc1nccn1CCC(=O)N[C@@H]1[C@@H](Cc2ccccc2)[C@H]2OCC[C@@H]12. The van der Waals surface area contributed by atoms with Crippen LogP contribution in [0.4, 0.5) is 0 Å². The van der Waals surface area contributed by atoms with Gasteiger partial charge < -0.3 is 14.6 Å². The lowest BCUT2D eigenvalue weighted by Gasteiger charge is -2.48. The molecule has 5 heteroatoms. The van der Waals surface area contributed by atoms with Gasteiger partial charge in [0.2, 0.25) is 5.91 Å². The van der Waals surface area contributed by atoms with Crippen molar-refractivity contribution in [1.29, 1.82) is 0 Å². The topological polar surface area (TPSA) is 56.2 Å². The summed E-state index contributed by atoms with van der Waals surface area (Å²) in [6.07, 6.45) is 7.47. The van der Waals surface area contributed by atoms with E-state index in [4.69, 9.17) is 4.74 Å². The van der Waals surface area contributed by atoms with E-state index < -0.39 is 0 Å². The second-order valence-electron chi connectivity index (χ2n) is 7.38. The number of carbonyl (C=O) groups is 1. The van der Waals surface area contributed by atoms with Gasteiger partial charge in [0.25, 0.3) is 0 Å². The molecule has 1 aliphatic carbocycles. The minimum atomic E-state index is 0.133. The highest BCUT2D eigenvalue weighted by Crippen LogP contribution is 2.45. The van der Waals surface area contributed by atoms with E-state index in [9.17, 15) is 4.79 Å². The van der Waals surface area contributed by atoms with Crippen LogP contribution >= 0.6 is 0 Å². The fraction of sp³-hybridized carbons (Fsp3) is 0.524. The monoisotopic (exact) mass is 353 g/mol. The molecule has 0 unspecified atom stereocenters. The summed E-state index contributed by atoms with van der Waals surface area (Å²) in [5.74, 6) is 2.03. The van der Waals surface area contributed by atoms with Crippen LogP contribution in [0.15, 0.2) is 42.7 Å². The highest BCUT2D eigenvalue weighted by atomic mass is 16.5. The Morgan fingerprint density at radius 2 is 2.19 bits per heavy atom. The third-order valence-electron chi connectivity index (χ3n) is 5.87. The second-order valence-corrected chi connectivity index (χ2v) is 7.38. The Labute approximate surface area is 154 Å². The zero-order chi connectivity index (χ0) is 17.9. The molecule has 2 aromatic rings. The van der Waals surface area contributed by atoms with Gasteiger partial charge in [0.15, 0.2) is 0 Å². The molecule has 2 aliphatic rings. The summed E-state index contributed by atoms with van der Waals surface area (Å²) in [5.41, 5.74) is 1.32. The molecular formula is C21H27N3O2. The molecule has 138 valence electrons. The molecule has 0 bridgehead atoms. The van der Waals surface area contributed by atoms with Gasteiger partial charge in [-0.05, 0) is 18.4 Å². The standard InChI is InChI=1S/C21H27N3O2/c1-2-18-22-10-12-24(18)11-8-19(25)23-20-16-9-13-26-21(16)17(20)14-15-6-4-3-5-7-15/h3-7,10,12,16-17,20-21H,2,8-9,11,13-14H2,1H3,(H,23,25)/t16-,17+,20-,21-/m0/s1. The highest BCUT2D eigenvalue weighted by molar-refractivity contribution is 5.76. The Balaban J connectivity index is 1.35. The van der Waals surface area contributed by atoms with Gasteiger partial charge >= 0.3 is 0 Å². The van der Waals surface area contributed by atoms with Gasteiger partial charge in [-0.1, -0.05) is 37.3 Å². The first-order valence-corrected chi connectivity index (χ1v) is 9.71. The van der Waals surface area contributed by atoms with Crippen molar-refractivity contribution in [3.63, 3.8) is 0 Å². The van der Waals surface area contributed by atoms with Crippen molar-refractivity contribution < 1.29 is 9.53 Å². The average Bonchev–Trinajstić information content (AvgIpc) is 3.30. The number of imidazole rings is 1. The number of hydrogen-bond acceptors (Lipinski definition) is 3. The maximum atomic E-state index is 12.5. The van der Waals surface area contributed by atoms with Crippen LogP contribution in [-0.2, 0) is 28.9 Å². The van der Waals surface area contributed by atoms with E-state index in [1.54, 1.807) is 6.20 Å². The second kappa shape index (κ2) is 7.62. The van der Waals surface area contributed by atoms with Crippen LogP contribution in [0.3, 0.4) is 0 Å². The molecule has 5 nitrogen and oxygen atoms in total. The summed E-state index contributed by atoms with van der Waals surface area (Å²) < 4.78 is 8.01. The fourth-order valence-corrected chi connectivity index (χ4v) is 4.51. The van der Waals surface area contributed by atoms with Crippen molar-refractivity contribution in [3.8, 4) is 0 Å². The molecule has 1 aromatic heterocycles. The first kappa shape index (κ1) is 17.3. The summed E-state index contributed by atoms with van der Waals surface area (Å²) in [4.78, 5) is 16.9. The van der Waals surface area contributed by atoms with E-state index in [1.807, 2.05) is 12.3 Å². The van der Waals surface area contributed by atoms with E-state index in [1.165, 1.54) is 5.56 Å². The number of aromatic nitrogens is 2. The number of rotatable bonds is 7. The number of hydrogen-bond donors (Lipinski definition) is 1. The van der Waals surface area contributed by atoms with Crippen molar-refractivity contribution in [2.24, 2.45) is 11.8 Å². The minimum absolute atomic E-state index is 0.133. The van der Waals surface area contributed by atoms with Crippen molar-refractivity contribution in [2.45, 2.75) is 51.3 Å². The third kappa shape index (κ3) is 3.40. The van der Waals surface area contributed by atoms with E-state index in [-0.39, 0.29) is 11.9 Å². The molecule has 1 saturated carbocycles. The fourth-order valence-electron chi connectivity index (χ4n) is 4.51. The lowest BCUT2D eigenvalue weighted by atomic mass is 9.64. The first-order valence-electron chi connectivity index (χ1n) is 9.71. The molecule has 26 heavy (non-hydrogen) atoms. The van der Waals surface area contributed by atoms with Crippen LogP contribution in [-0.4, -0.2) is 34.2 Å². The van der Waals surface area contributed by atoms with Crippen LogP contribution in [0.1, 0.15) is 31.2 Å². The molecule has 1 saturated heterocycles. The van der Waals surface area contributed by atoms with Crippen LogP contribution in [0.2, 0.25) is 0 Å². The van der Waals surface area contributed by atoms with Crippen molar-refractivity contribution in [3.05, 3.63) is 54.1 Å². The number of ether oxygens (including phenoxy) is 1. The molecule has 1 aliphatic heterocycles. The summed E-state index contributed by atoms with van der Waals surface area (Å²) in [6, 6.07) is 10.7. The van der Waals surface area contributed by atoms with Crippen LogP contribution in [0.25, 0.3) is 0 Å². The molecule has 4 rings (SSSR count). The molecular weight excluding hydrogens is 326 g/mol. The molecule has 1 aromatic carbocycles. The van der Waals surface area contributed by atoms with Crippen molar-refractivity contribution in [1.82, 2.24) is 14.9 Å². The van der Waals surface area contributed by atoms with E-state index >= 15 is 0 Å². The molecule has 2 heterocycles. The average molecular weight is 353 g/mol. The van der Waals surface area contributed by atoms with Gasteiger partial charge in [-0.2, -0.15) is 0 Å². The minimum Gasteiger partial charge on any atom is -0.377 e. The lowest BCUT2D eigenvalue weighted by molar-refractivity contribution is -0.127. The highest BCUT2D eigenvalue weighted by Gasteiger charge is 2.53. The van der Waals surface area contributed by atoms with Crippen LogP contribution < -0.4 is 5.32 Å². The van der Waals surface area contributed by atoms with Gasteiger partial charge in [-0.25, -0.2) is 4.98 Å². The lowest BCUT2D eigenvalue weighted by Crippen LogP contribution is -2.62. The number of aryl methyl sites for hydroxylation is 2. The first-order chi connectivity index (χ1) is 12.8. The third-order valence-corrected chi connectivity index (χ3v) is 5.87. The van der Waals surface area contributed by atoms with E-state index in [2.05, 4.69) is 46.1 Å². The molecule has 2 fully saturated rings. The number of carbonyl (C=O) groups excluding carboxylic acids is 1. The van der Waals surface area contributed by atoms with Gasteiger partial charge in [-0.3, -0.25) is 4.79 Å². The smallest absolute Gasteiger partial charge is 0.222 e. The maximum absolute atomic E-state index is 12.5. The van der Waals surface area contributed by atoms with Crippen molar-refractivity contribution in [2.75, 3.05) is 6.61 Å². The Morgan fingerprint density at radius 3 is 3.00 bits per heavy atom. The largest absolute Gasteiger partial charge is 0.377 e. The summed E-state index contributed by atoms with van der Waals surface area (Å²) in [6.45, 7) is 3.60. The Kier molecular flexibility index (Phi) is 5.07. The van der Waals surface area contributed by atoms with E-state index in [0.29, 0.717) is 30.9 Å². The van der Waals surface area contributed by atoms with Crippen LogP contribution in [0.5, 0.6) is 0 Å². The quantitative estimate of drug-likeness (QED) is 0.832. The molecule has 4 atom stereocenters. The van der Waals surface area contributed by atoms with Gasteiger partial charge in [-0.15, -0.1) is 0 Å². The normalized spacial score (nSPS) is 27.0. The van der Waals surface area contributed by atoms with Crippen molar-refractivity contribution >= 4 is 5.91 Å². The predicted octanol–water partition coefficient (Wildman–Crippen LogP) is 2.60. The summed E-state index contributed by atoms with van der Waals surface area (Å²) in [7, 11) is 0. The van der Waals surface area contributed by atoms with Crippen LogP contribution in [0, 0.1) is 11.8 Å². The van der Waals surface area contributed by atoms with Gasteiger partial charge in [0.05, 0.1) is 6.10 Å². The number of fused-ring (bicyclic) bond motifs is 1.